The van der Waals surface area contributed by atoms with Gasteiger partial charge in [-0.1, -0.05) is 30.0 Å². The summed E-state index contributed by atoms with van der Waals surface area (Å²) in [4.78, 5) is 12.5. The number of amides is 1. The molecule has 0 spiro atoms. The Morgan fingerprint density at radius 1 is 1.29 bits per heavy atom. The number of thioether (sulfide) groups is 1. The van der Waals surface area contributed by atoms with Crippen molar-refractivity contribution in [3.63, 3.8) is 0 Å². The van der Waals surface area contributed by atoms with Crippen LogP contribution in [0.4, 0.5) is 0 Å². The van der Waals surface area contributed by atoms with Gasteiger partial charge in [0.1, 0.15) is 12.1 Å². The maximum atomic E-state index is 12.5. The van der Waals surface area contributed by atoms with Crippen molar-refractivity contribution in [2.24, 2.45) is 0 Å². The lowest BCUT2D eigenvalue weighted by atomic mass is 10.1. The first-order valence-electron chi connectivity index (χ1n) is 9.23. The molecule has 0 aliphatic heterocycles. The third-order valence-electron chi connectivity index (χ3n) is 5.20. The summed E-state index contributed by atoms with van der Waals surface area (Å²) >= 11 is 1.36. The van der Waals surface area contributed by atoms with E-state index in [1.807, 2.05) is 22.8 Å². The van der Waals surface area contributed by atoms with E-state index in [9.17, 15) is 9.90 Å². The van der Waals surface area contributed by atoms with Gasteiger partial charge in [-0.25, -0.2) is 0 Å². The van der Waals surface area contributed by atoms with Gasteiger partial charge in [0.25, 0.3) is 0 Å². The molecule has 4 rings (SSSR count). The van der Waals surface area contributed by atoms with Crippen molar-refractivity contribution in [2.45, 2.75) is 37.9 Å². The molecule has 6 nitrogen and oxygen atoms in total. The normalized spacial score (nSPS) is 15.4. The number of hydrogen-bond acceptors (Lipinski definition) is 5. The van der Waals surface area contributed by atoms with Crippen molar-refractivity contribution >= 4 is 17.7 Å². The van der Waals surface area contributed by atoms with Gasteiger partial charge in [-0.15, -0.1) is 10.2 Å². The van der Waals surface area contributed by atoms with Gasteiger partial charge in [0.15, 0.2) is 5.16 Å². The molecule has 0 saturated carbocycles. The van der Waals surface area contributed by atoms with Gasteiger partial charge in [-0.05, 0) is 67.1 Å². The van der Waals surface area contributed by atoms with Crippen molar-refractivity contribution in [3.05, 3.63) is 65.0 Å². The number of nitrogens with one attached hydrogen (secondary N) is 1. The standard InChI is InChI=1S/C21H22N4O2S/c1-13-6-7-15(10-14(13)2)25-12-22-24-21(25)28-11-20(27)23-18-9-8-17-16(18)4-3-5-19(17)26/h3-7,10,12,18,26H,8-9,11H2,1-2H3,(H,23,27)/t18-/m1/s1. The predicted octanol–water partition coefficient (Wildman–Crippen LogP) is 3.49. The number of rotatable bonds is 5. The molecule has 1 atom stereocenters. The lowest BCUT2D eigenvalue weighted by Gasteiger charge is -2.14. The second-order valence-electron chi connectivity index (χ2n) is 7.04. The molecular weight excluding hydrogens is 372 g/mol. The van der Waals surface area contributed by atoms with E-state index in [1.165, 1.54) is 22.9 Å². The van der Waals surface area contributed by atoms with Crippen LogP contribution in [0.25, 0.3) is 5.69 Å². The van der Waals surface area contributed by atoms with Crippen molar-refractivity contribution in [2.75, 3.05) is 5.75 Å². The van der Waals surface area contributed by atoms with Gasteiger partial charge in [-0.2, -0.15) is 0 Å². The van der Waals surface area contributed by atoms with Gasteiger partial charge in [-0.3, -0.25) is 9.36 Å². The lowest BCUT2D eigenvalue weighted by molar-refractivity contribution is -0.119. The number of aromatic hydroxyl groups is 1. The SMILES string of the molecule is Cc1ccc(-n2cnnc2SCC(=O)N[C@@H]2CCc3c(O)cccc32)cc1C. The van der Waals surface area contributed by atoms with E-state index >= 15 is 0 Å². The van der Waals surface area contributed by atoms with Crippen LogP contribution < -0.4 is 5.32 Å². The van der Waals surface area contributed by atoms with Crippen LogP contribution in [0.15, 0.2) is 47.9 Å². The second kappa shape index (κ2) is 7.67. The minimum Gasteiger partial charge on any atom is -0.508 e. The van der Waals surface area contributed by atoms with Crippen LogP contribution in [-0.4, -0.2) is 31.5 Å². The highest BCUT2D eigenvalue weighted by Crippen LogP contribution is 2.36. The molecule has 3 aromatic rings. The molecule has 0 bridgehead atoms. The lowest BCUT2D eigenvalue weighted by Crippen LogP contribution is -2.28. The summed E-state index contributed by atoms with van der Waals surface area (Å²) in [6.45, 7) is 4.15. The topological polar surface area (TPSA) is 80.0 Å². The molecule has 7 heteroatoms. The largest absolute Gasteiger partial charge is 0.508 e. The van der Waals surface area contributed by atoms with E-state index in [2.05, 4.69) is 41.5 Å². The Bertz CT molecular complexity index is 1030. The third-order valence-corrected chi connectivity index (χ3v) is 6.14. The van der Waals surface area contributed by atoms with E-state index < -0.39 is 0 Å². The number of carbonyl (C=O) groups is 1. The predicted molar refractivity (Wildman–Crippen MR) is 109 cm³/mol. The highest BCUT2D eigenvalue weighted by Gasteiger charge is 2.26. The zero-order chi connectivity index (χ0) is 19.7. The monoisotopic (exact) mass is 394 g/mol. The number of aromatic nitrogens is 3. The fraction of sp³-hybridized carbons (Fsp3) is 0.286. The van der Waals surface area contributed by atoms with Crippen LogP contribution >= 0.6 is 11.8 Å². The number of fused-ring (bicyclic) bond motifs is 1. The Balaban J connectivity index is 1.41. The summed E-state index contributed by atoms with van der Waals surface area (Å²) in [7, 11) is 0. The van der Waals surface area contributed by atoms with Crippen molar-refractivity contribution in [3.8, 4) is 11.4 Å². The number of carbonyl (C=O) groups excluding carboxylic acids is 1. The van der Waals surface area contributed by atoms with Gasteiger partial charge in [0.05, 0.1) is 11.8 Å². The minimum absolute atomic E-state index is 0.0483. The first-order valence-corrected chi connectivity index (χ1v) is 10.2. The molecule has 0 unspecified atom stereocenters. The van der Waals surface area contributed by atoms with Crippen molar-refractivity contribution < 1.29 is 9.90 Å². The van der Waals surface area contributed by atoms with Gasteiger partial charge in [0, 0.05) is 5.69 Å². The Hall–Kier alpha value is -2.80. The van der Waals surface area contributed by atoms with E-state index in [4.69, 9.17) is 0 Å². The average molecular weight is 395 g/mol. The van der Waals surface area contributed by atoms with Gasteiger partial charge >= 0.3 is 0 Å². The summed E-state index contributed by atoms with van der Waals surface area (Å²) in [5.41, 5.74) is 5.36. The molecule has 0 radical (unpaired) electrons. The Labute approximate surface area is 168 Å². The summed E-state index contributed by atoms with van der Waals surface area (Å²) in [6.07, 6.45) is 3.25. The Morgan fingerprint density at radius 2 is 2.14 bits per heavy atom. The fourth-order valence-corrected chi connectivity index (χ4v) is 4.27. The fourth-order valence-electron chi connectivity index (χ4n) is 3.53. The molecule has 28 heavy (non-hydrogen) atoms. The number of phenolic OH excluding ortho intramolecular Hbond substituents is 1. The van der Waals surface area contributed by atoms with Crippen molar-refractivity contribution in [1.82, 2.24) is 20.1 Å². The van der Waals surface area contributed by atoms with E-state index in [-0.39, 0.29) is 17.7 Å². The zero-order valence-electron chi connectivity index (χ0n) is 15.8. The summed E-state index contributed by atoms with van der Waals surface area (Å²) < 4.78 is 1.90. The van der Waals surface area contributed by atoms with Crippen LogP contribution in [0.5, 0.6) is 5.75 Å². The number of benzene rings is 2. The Morgan fingerprint density at radius 3 is 2.96 bits per heavy atom. The molecule has 0 fully saturated rings. The molecule has 1 heterocycles. The summed E-state index contributed by atoms with van der Waals surface area (Å²) in [5, 5.41) is 21.9. The van der Waals surface area contributed by atoms with Crippen LogP contribution in [-0.2, 0) is 11.2 Å². The molecular formula is C21H22N4O2S. The minimum atomic E-state index is -0.0548. The van der Waals surface area contributed by atoms with Crippen LogP contribution in [0.3, 0.4) is 0 Å². The van der Waals surface area contributed by atoms with Crippen LogP contribution in [0.2, 0.25) is 0 Å². The smallest absolute Gasteiger partial charge is 0.230 e. The average Bonchev–Trinajstić information content (AvgIpc) is 3.30. The van der Waals surface area contributed by atoms with E-state index in [1.54, 1.807) is 12.4 Å². The number of phenols is 1. The van der Waals surface area contributed by atoms with Gasteiger partial charge < -0.3 is 10.4 Å². The highest BCUT2D eigenvalue weighted by atomic mass is 32.2. The molecule has 144 valence electrons. The number of aryl methyl sites for hydroxylation is 2. The number of hydrogen-bond donors (Lipinski definition) is 2. The second-order valence-corrected chi connectivity index (χ2v) is 7.99. The summed E-state index contributed by atoms with van der Waals surface area (Å²) in [5.74, 6) is 0.514. The maximum Gasteiger partial charge on any atom is 0.230 e. The quantitative estimate of drug-likeness (QED) is 0.648. The first kappa shape index (κ1) is 18.6. The molecule has 1 aromatic heterocycles. The van der Waals surface area contributed by atoms with E-state index in [0.29, 0.717) is 10.9 Å². The third kappa shape index (κ3) is 3.62. The molecule has 1 aliphatic rings. The molecule has 2 N–H and O–H groups in total. The zero-order valence-corrected chi connectivity index (χ0v) is 16.7. The molecule has 1 amide bonds. The van der Waals surface area contributed by atoms with Gasteiger partial charge in [0.2, 0.25) is 5.91 Å². The van der Waals surface area contributed by atoms with Crippen LogP contribution in [0.1, 0.15) is 34.7 Å². The first-order chi connectivity index (χ1) is 13.5. The highest BCUT2D eigenvalue weighted by molar-refractivity contribution is 7.99. The number of nitrogens with zero attached hydrogens (tertiary/aromatic N) is 3. The molecule has 1 aliphatic carbocycles. The molecule has 0 saturated heterocycles. The molecule has 2 aromatic carbocycles. The summed E-state index contributed by atoms with van der Waals surface area (Å²) in [6, 6.07) is 11.6. The van der Waals surface area contributed by atoms with Crippen LogP contribution in [0, 0.1) is 13.8 Å². The Kier molecular flexibility index (Phi) is 5.09. The van der Waals surface area contributed by atoms with E-state index in [0.717, 1.165) is 29.7 Å². The van der Waals surface area contributed by atoms with Crippen molar-refractivity contribution in [1.29, 1.82) is 0 Å². The maximum absolute atomic E-state index is 12.5.